The van der Waals surface area contributed by atoms with Gasteiger partial charge >= 0.3 is 0 Å². The van der Waals surface area contributed by atoms with Gasteiger partial charge in [0.05, 0.1) is 19.8 Å². The number of carbonyl (C=O) groups excluding carboxylic acids is 1. The van der Waals surface area contributed by atoms with Crippen molar-refractivity contribution in [1.82, 2.24) is 4.98 Å². The molecule has 1 aromatic carbocycles. The fraction of sp³-hybridized carbons (Fsp3) is 0.480. The molecular weight excluding hydrogens is 422 g/mol. The molecule has 1 heterocycles. The lowest BCUT2D eigenvalue weighted by Gasteiger charge is -2.34. The lowest BCUT2D eigenvalue weighted by molar-refractivity contribution is -0.115. The second-order valence-corrected chi connectivity index (χ2v) is 10.2. The van der Waals surface area contributed by atoms with Gasteiger partial charge in [0.2, 0.25) is 5.91 Å². The first kappa shape index (κ1) is 23.9. The molecular formula is C25H31N3O3S. The summed E-state index contributed by atoms with van der Waals surface area (Å²) >= 11 is 1.46. The smallest absolute Gasteiger partial charge is 0.225 e. The quantitative estimate of drug-likeness (QED) is 0.577. The van der Waals surface area contributed by atoms with Crippen LogP contribution in [-0.2, 0) is 17.6 Å². The van der Waals surface area contributed by atoms with E-state index in [1.165, 1.54) is 17.3 Å². The maximum atomic E-state index is 12.4. The Balaban J connectivity index is 1.62. The van der Waals surface area contributed by atoms with Crippen LogP contribution >= 0.6 is 11.8 Å². The molecule has 7 heteroatoms. The Kier molecular flexibility index (Phi) is 7.68. The first-order valence-electron chi connectivity index (χ1n) is 10.8. The summed E-state index contributed by atoms with van der Waals surface area (Å²) < 4.78 is 10.5. The second-order valence-electron chi connectivity index (χ2n) is 9.11. The Bertz CT molecular complexity index is 1000. The van der Waals surface area contributed by atoms with E-state index in [9.17, 15) is 10.1 Å². The third kappa shape index (κ3) is 5.95. The minimum Gasteiger partial charge on any atom is -0.497 e. The molecule has 1 unspecified atom stereocenters. The number of nitrogens with zero attached hydrogens (tertiary/aromatic N) is 2. The molecule has 0 fully saturated rings. The lowest BCUT2D eigenvalue weighted by Crippen LogP contribution is -2.27. The summed E-state index contributed by atoms with van der Waals surface area (Å²) in [5, 5.41) is 13.2. The number of carbonyl (C=O) groups is 1. The minimum absolute atomic E-state index is 0.114. The molecule has 0 radical (unpaired) electrons. The van der Waals surface area contributed by atoms with E-state index in [0.717, 1.165) is 30.0 Å². The van der Waals surface area contributed by atoms with E-state index >= 15 is 0 Å². The predicted octanol–water partition coefficient (Wildman–Crippen LogP) is 5.24. The van der Waals surface area contributed by atoms with Crippen LogP contribution in [0.3, 0.4) is 0 Å². The normalized spacial score (nSPS) is 15.4. The highest BCUT2D eigenvalue weighted by atomic mass is 32.2. The number of hydrogen-bond donors (Lipinski definition) is 1. The topological polar surface area (TPSA) is 84.2 Å². The highest BCUT2D eigenvalue weighted by Crippen LogP contribution is 2.38. The summed E-state index contributed by atoms with van der Waals surface area (Å²) in [6, 6.07) is 9.54. The third-order valence-corrected chi connectivity index (χ3v) is 6.89. The zero-order valence-corrected chi connectivity index (χ0v) is 20.3. The van der Waals surface area contributed by atoms with E-state index in [0.29, 0.717) is 40.8 Å². The van der Waals surface area contributed by atoms with Gasteiger partial charge in [-0.25, -0.2) is 4.98 Å². The molecule has 1 amide bonds. The van der Waals surface area contributed by atoms with Crippen molar-refractivity contribution < 1.29 is 14.3 Å². The Morgan fingerprint density at radius 1 is 1.22 bits per heavy atom. The lowest BCUT2D eigenvalue weighted by atomic mass is 9.71. The van der Waals surface area contributed by atoms with Crippen LogP contribution in [0.25, 0.3) is 0 Å². The molecule has 0 saturated heterocycles. The number of pyridine rings is 1. The van der Waals surface area contributed by atoms with Gasteiger partial charge in [-0.05, 0) is 42.2 Å². The number of aromatic nitrogens is 1. The van der Waals surface area contributed by atoms with Crippen LogP contribution in [-0.4, -0.2) is 30.9 Å². The van der Waals surface area contributed by atoms with Crippen LogP contribution in [0, 0.1) is 22.7 Å². The summed E-state index contributed by atoms with van der Waals surface area (Å²) in [5.74, 6) is 2.25. The summed E-state index contributed by atoms with van der Waals surface area (Å²) in [4.78, 5) is 17.2. The molecule has 170 valence electrons. The first-order chi connectivity index (χ1) is 15.2. The Morgan fingerprint density at radius 3 is 2.50 bits per heavy atom. The predicted molar refractivity (Wildman–Crippen MR) is 127 cm³/mol. The molecule has 1 aliphatic carbocycles. The Morgan fingerprint density at radius 2 is 1.91 bits per heavy atom. The SMILES string of the molecule is COc1cc(NC(=O)CCSc2nc3c(cc2C#N)CC(C(C)(C)C)CC3)cc(OC)c1. The van der Waals surface area contributed by atoms with Gasteiger partial charge in [-0.15, -0.1) is 11.8 Å². The van der Waals surface area contributed by atoms with Crippen molar-refractivity contribution in [2.75, 3.05) is 25.3 Å². The van der Waals surface area contributed by atoms with Crippen molar-refractivity contribution in [2.45, 2.75) is 51.5 Å². The van der Waals surface area contributed by atoms with Gasteiger partial charge in [-0.3, -0.25) is 4.79 Å². The van der Waals surface area contributed by atoms with Crippen molar-refractivity contribution in [3.8, 4) is 17.6 Å². The summed E-state index contributed by atoms with van der Waals surface area (Å²) in [6.07, 6.45) is 3.33. The number of benzene rings is 1. The molecule has 1 N–H and O–H groups in total. The number of hydrogen-bond acceptors (Lipinski definition) is 6. The maximum absolute atomic E-state index is 12.4. The molecule has 0 saturated carbocycles. The number of nitriles is 1. The molecule has 6 nitrogen and oxygen atoms in total. The van der Waals surface area contributed by atoms with E-state index < -0.39 is 0 Å². The number of amides is 1. The molecule has 3 rings (SSSR count). The van der Waals surface area contributed by atoms with Crippen LogP contribution in [0.15, 0.2) is 29.3 Å². The highest BCUT2D eigenvalue weighted by molar-refractivity contribution is 7.99. The molecule has 32 heavy (non-hydrogen) atoms. The number of ether oxygens (including phenoxy) is 2. The largest absolute Gasteiger partial charge is 0.497 e. The molecule has 0 bridgehead atoms. The van der Waals surface area contributed by atoms with Crippen LogP contribution in [0.4, 0.5) is 5.69 Å². The molecule has 0 spiro atoms. The zero-order valence-electron chi connectivity index (χ0n) is 19.4. The first-order valence-corrected chi connectivity index (χ1v) is 11.8. The number of aryl methyl sites for hydroxylation is 1. The van der Waals surface area contributed by atoms with Crippen LogP contribution in [0.2, 0.25) is 0 Å². The van der Waals surface area contributed by atoms with E-state index in [1.807, 2.05) is 6.07 Å². The zero-order chi connectivity index (χ0) is 23.3. The molecule has 1 atom stereocenters. The van der Waals surface area contributed by atoms with Crippen LogP contribution in [0.1, 0.15) is 50.4 Å². The van der Waals surface area contributed by atoms with Crippen molar-refractivity contribution >= 4 is 23.4 Å². The van der Waals surface area contributed by atoms with E-state index in [-0.39, 0.29) is 11.3 Å². The number of methoxy groups -OCH3 is 2. The van der Waals surface area contributed by atoms with Gasteiger partial charge in [-0.2, -0.15) is 5.26 Å². The van der Waals surface area contributed by atoms with Gasteiger partial charge in [-0.1, -0.05) is 20.8 Å². The average molecular weight is 454 g/mol. The van der Waals surface area contributed by atoms with Gasteiger partial charge in [0.1, 0.15) is 22.6 Å². The van der Waals surface area contributed by atoms with Gasteiger partial charge in [0, 0.05) is 41.8 Å². The number of anilines is 1. The van der Waals surface area contributed by atoms with E-state index in [2.05, 4.69) is 32.2 Å². The molecule has 0 aliphatic heterocycles. The van der Waals surface area contributed by atoms with E-state index in [1.54, 1.807) is 32.4 Å². The summed E-state index contributed by atoms with van der Waals surface area (Å²) in [6.45, 7) is 6.83. The Labute approximate surface area is 194 Å². The second kappa shape index (κ2) is 10.3. The number of thioether (sulfide) groups is 1. The molecule has 2 aromatic rings. The summed E-state index contributed by atoms with van der Waals surface area (Å²) in [7, 11) is 3.14. The standard InChI is InChI=1S/C25H31N3O3S/c1-25(2,3)18-6-7-22-16(11-18)10-17(15-26)24(28-22)32-9-8-23(29)27-19-12-20(30-4)14-21(13-19)31-5/h10,12-14,18H,6-9,11H2,1-5H3,(H,27,29). The van der Waals surface area contributed by atoms with Crippen molar-refractivity contribution in [1.29, 1.82) is 5.26 Å². The van der Waals surface area contributed by atoms with E-state index in [4.69, 9.17) is 14.5 Å². The summed E-state index contributed by atoms with van der Waals surface area (Å²) in [5.41, 5.74) is 3.76. The maximum Gasteiger partial charge on any atom is 0.225 e. The van der Waals surface area contributed by atoms with Crippen LogP contribution < -0.4 is 14.8 Å². The third-order valence-electron chi connectivity index (χ3n) is 5.90. The number of nitrogens with one attached hydrogen (secondary N) is 1. The van der Waals surface area contributed by atoms with Crippen LogP contribution in [0.5, 0.6) is 11.5 Å². The Hall–Kier alpha value is -2.72. The van der Waals surface area contributed by atoms with Crippen molar-refractivity contribution in [3.05, 3.63) is 41.1 Å². The molecule has 1 aromatic heterocycles. The fourth-order valence-corrected chi connectivity index (χ4v) is 4.83. The highest BCUT2D eigenvalue weighted by Gasteiger charge is 2.30. The monoisotopic (exact) mass is 453 g/mol. The van der Waals surface area contributed by atoms with Gasteiger partial charge in [0.15, 0.2) is 0 Å². The van der Waals surface area contributed by atoms with Crippen molar-refractivity contribution in [3.63, 3.8) is 0 Å². The van der Waals surface area contributed by atoms with Crippen molar-refractivity contribution in [2.24, 2.45) is 11.3 Å². The van der Waals surface area contributed by atoms with Gasteiger partial charge < -0.3 is 14.8 Å². The van der Waals surface area contributed by atoms with Gasteiger partial charge in [0.25, 0.3) is 0 Å². The fourth-order valence-electron chi connectivity index (χ4n) is 3.92. The number of rotatable bonds is 7. The molecule has 1 aliphatic rings. The minimum atomic E-state index is -0.114. The average Bonchev–Trinajstić information content (AvgIpc) is 2.77. The number of fused-ring (bicyclic) bond motifs is 1.